The number of piperazine rings is 1. The van der Waals surface area contributed by atoms with E-state index in [1.165, 1.54) is 0 Å². The van der Waals surface area contributed by atoms with Gasteiger partial charge in [-0.05, 0) is 12.8 Å². The molecule has 6 nitrogen and oxygen atoms in total. The van der Waals surface area contributed by atoms with Crippen molar-refractivity contribution in [2.45, 2.75) is 37.8 Å². The Kier molecular flexibility index (Phi) is 2.60. The standard InChI is InChI=1S/C8H14N4O2/c13-9-11-5-6-12(10-14)8-4-2-1-3-7(8)11/h7-8H,1-6H2. The average molecular weight is 198 g/mol. The zero-order valence-electron chi connectivity index (χ0n) is 8.00. The second-order valence-electron chi connectivity index (χ2n) is 3.91. The van der Waals surface area contributed by atoms with Gasteiger partial charge in [-0.2, -0.15) is 0 Å². The van der Waals surface area contributed by atoms with Crippen molar-refractivity contribution in [1.29, 1.82) is 0 Å². The number of hydrogen-bond donors (Lipinski definition) is 0. The highest BCUT2D eigenvalue weighted by Gasteiger charge is 2.38. The molecular formula is C8H14N4O2. The second kappa shape index (κ2) is 3.89. The number of hydrogen-bond acceptors (Lipinski definition) is 4. The van der Waals surface area contributed by atoms with Crippen LogP contribution in [-0.4, -0.2) is 35.2 Å². The average Bonchev–Trinajstić information content (AvgIpc) is 2.27. The van der Waals surface area contributed by atoms with Gasteiger partial charge in [0.2, 0.25) is 0 Å². The molecule has 2 unspecified atom stereocenters. The van der Waals surface area contributed by atoms with Crippen LogP contribution in [0, 0.1) is 9.81 Å². The highest BCUT2D eigenvalue weighted by Crippen LogP contribution is 2.30. The first kappa shape index (κ1) is 9.36. The number of rotatable bonds is 2. The van der Waals surface area contributed by atoms with Crippen LogP contribution in [0.2, 0.25) is 0 Å². The van der Waals surface area contributed by atoms with Gasteiger partial charge in [-0.25, -0.2) is 0 Å². The van der Waals surface area contributed by atoms with Crippen LogP contribution in [0.15, 0.2) is 10.6 Å². The van der Waals surface area contributed by atoms with Crippen molar-refractivity contribution in [3.8, 4) is 0 Å². The van der Waals surface area contributed by atoms with Gasteiger partial charge in [0.1, 0.15) is 0 Å². The molecule has 1 heterocycles. The molecule has 0 aromatic carbocycles. The SMILES string of the molecule is O=NN1CCN(N=O)C2CCCCC21. The van der Waals surface area contributed by atoms with E-state index in [1.54, 1.807) is 10.0 Å². The fraction of sp³-hybridized carbons (Fsp3) is 1.00. The van der Waals surface area contributed by atoms with Crippen molar-refractivity contribution in [3.05, 3.63) is 9.81 Å². The molecule has 1 saturated carbocycles. The Labute approximate surface area is 82.1 Å². The summed E-state index contributed by atoms with van der Waals surface area (Å²) in [6.45, 7) is 1.05. The molecule has 2 atom stereocenters. The minimum atomic E-state index is 0.104. The summed E-state index contributed by atoms with van der Waals surface area (Å²) in [5, 5.41) is 9.18. The van der Waals surface area contributed by atoms with Crippen LogP contribution in [0.4, 0.5) is 0 Å². The van der Waals surface area contributed by atoms with E-state index in [4.69, 9.17) is 0 Å². The van der Waals surface area contributed by atoms with Gasteiger partial charge in [-0.1, -0.05) is 12.8 Å². The van der Waals surface area contributed by atoms with Crippen molar-refractivity contribution in [3.63, 3.8) is 0 Å². The Balaban J connectivity index is 2.12. The van der Waals surface area contributed by atoms with E-state index >= 15 is 0 Å². The van der Waals surface area contributed by atoms with Crippen LogP contribution in [0.1, 0.15) is 25.7 Å². The summed E-state index contributed by atoms with van der Waals surface area (Å²) in [7, 11) is 0. The maximum Gasteiger partial charge on any atom is 0.0724 e. The van der Waals surface area contributed by atoms with Gasteiger partial charge in [0.25, 0.3) is 0 Å². The quantitative estimate of drug-likeness (QED) is 0.627. The normalized spacial score (nSPS) is 32.3. The molecular weight excluding hydrogens is 184 g/mol. The highest BCUT2D eigenvalue weighted by molar-refractivity contribution is 4.91. The lowest BCUT2D eigenvalue weighted by Crippen LogP contribution is -2.56. The number of fused-ring (bicyclic) bond motifs is 1. The summed E-state index contributed by atoms with van der Waals surface area (Å²) in [5.41, 5.74) is 0. The van der Waals surface area contributed by atoms with E-state index in [0.29, 0.717) is 13.1 Å². The van der Waals surface area contributed by atoms with Crippen molar-refractivity contribution in [1.82, 2.24) is 10.0 Å². The van der Waals surface area contributed by atoms with Crippen LogP contribution in [0.3, 0.4) is 0 Å². The van der Waals surface area contributed by atoms with Gasteiger partial charge in [-0.15, -0.1) is 9.81 Å². The molecule has 0 N–H and O–H groups in total. The first-order chi connectivity index (χ1) is 6.86. The first-order valence-electron chi connectivity index (χ1n) is 5.06. The lowest BCUT2D eigenvalue weighted by atomic mass is 9.88. The van der Waals surface area contributed by atoms with E-state index in [0.717, 1.165) is 25.7 Å². The molecule has 0 aromatic heterocycles. The minimum Gasteiger partial charge on any atom is -0.254 e. The van der Waals surface area contributed by atoms with E-state index in [2.05, 4.69) is 10.6 Å². The Morgan fingerprint density at radius 2 is 1.29 bits per heavy atom. The lowest BCUT2D eigenvalue weighted by Gasteiger charge is -2.44. The predicted octanol–water partition coefficient (Wildman–Crippen LogP) is 1.28. The molecule has 0 bridgehead atoms. The Morgan fingerprint density at radius 3 is 1.64 bits per heavy atom. The molecule has 2 fully saturated rings. The van der Waals surface area contributed by atoms with Crippen LogP contribution < -0.4 is 0 Å². The zero-order valence-corrected chi connectivity index (χ0v) is 8.00. The molecule has 0 radical (unpaired) electrons. The highest BCUT2D eigenvalue weighted by atomic mass is 16.3. The van der Waals surface area contributed by atoms with Gasteiger partial charge in [0.05, 0.1) is 35.7 Å². The summed E-state index contributed by atoms with van der Waals surface area (Å²) in [6.07, 6.45) is 4.12. The van der Waals surface area contributed by atoms with E-state index in [1.807, 2.05) is 0 Å². The molecule has 78 valence electrons. The summed E-state index contributed by atoms with van der Waals surface area (Å²) in [5.74, 6) is 0. The number of nitroso groups, excluding NO2 is 2. The van der Waals surface area contributed by atoms with Crippen molar-refractivity contribution >= 4 is 0 Å². The zero-order chi connectivity index (χ0) is 9.97. The van der Waals surface area contributed by atoms with Crippen molar-refractivity contribution < 1.29 is 0 Å². The molecule has 1 saturated heterocycles. The van der Waals surface area contributed by atoms with Crippen molar-refractivity contribution in [2.24, 2.45) is 10.6 Å². The summed E-state index contributed by atoms with van der Waals surface area (Å²) >= 11 is 0. The van der Waals surface area contributed by atoms with Crippen LogP contribution in [-0.2, 0) is 0 Å². The summed E-state index contributed by atoms with van der Waals surface area (Å²) < 4.78 is 0. The number of nitrogens with zero attached hydrogens (tertiary/aromatic N) is 4. The summed E-state index contributed by atoms with van der Waals surface area (Å²) in [6, 6.07) is 0.209. The third kappa shape index (κ3) is 1.44. The Bertz CT molecular complexity index is 211. The van der Waals surface area contributed by atoms with Crippen LogP contribution in [0.25, 0.3) is 0 Å². The van der Waals surface area contributed by atoms with Gasteiger partial charge < -0.3 is 0 Å². The predicted molar refractivity (Wildman–Crippen MR) is 51.0 cm³/mol. The van der Waals surface area contributed by atoms with Gasteiger partial charge in [0.15, 0.2) is 0 Å². The molecule has 14 heavy (non-hydrogen) atoms. The third-order valence-corrected chi connectivity index (χ3v) is 3.23. The Morgan fingerprint density at radius 1 is 0.857 bits per heavy atom. The fourth-order valence-electron chi connectivity index (χ4n) is 2.53. The van der Waals surface area contributed by atoms with Crippen molar-refractivity contribution in [2.75, 3.05) is 13.1 Å². The second-order valence-corrected chi connectivity index (χ2v) is 3.91. The van der Waals surface area contributed by atoms with Gasteiger partial charge >= 0.3 is 0 Å². The molecule has 2 aliphatic rings. The Hall–Kier alpha value is -1.20. The molecule has 0 aromatic rings. The fourth-order valence-corrected chi connectivity index (χ4v) is 2.53. The minimum absolute atomic E-state index is 0.104. The largest absolute Gasteiger partial charge is 0.254 e. The molecule has 1 aliphatic heterocycles. The van der Waals surface area contributed by atoms with E-state index in [9.17, 15) is 9.81 Å². The smallest absolute Gasteiger partial charge is 0.0724 e. The topological polar surface area (TPSA) is 65.3 Å². The molecule has 1 aliphatic carbocycles. The van der Waals surface area contributed by atoms with E-state index in [-0.39, 0.29) is 12.1 Å². The lowest BCUT2D eigenvalue weighted by molar-refractivity contribution is -0.00368. The summed E-state index contributed by atoms with van der Waals surface area (Å²) in [4.78, 5) is 21.1. The molecule has 0 spiro atoms. The van der Waals surface area contributed by atoms with Gasteiger partial charge in [-0.3, -0.25) is 10.0 Å². The molecule has 0 amide bonds. The monoisotopic (exact) mass is 198 g/mol. The molecule has 2 rings (SSSR count). The first-order valence-corrected chi connectivity index (χ1v) is 5.06. The van der Waals surface area contributed by atoms with E-state index < -0.39 is 0 Å². The van der Waals surface area contributed by atoms with Gasteiger partial charge in [0, 0.05) is 0 Å². The third-order valence-electron chi connectivity index (χ3n) is 3.23. The molecule has 6 heteroatoms. The maximum absolute atomic E-state index is 10.6. The van der Waals surface area contributed by atoms with Crippen LogP contribution in [0.5, 0.6) is 0 Å². The maximum atomic E-state index is 10.6. The van der Waals surface area contributed by atoms with Crippen LogP contribution >= 0.6 is 0 Å².